The number of carbonyl (C=O) groups excluding carboxylic acids is 1. The zero-order valence-corrected chi connectivity index (χ0v) is 23.2. The lowest BCUT2D eigenvalue weighted by atomic mass is 9.32. The van der Waals surface area contributed by atoms with E-state index in [2.05, 4.69) is 34.3 Å². The summed E-state index contributed by atoms with van der Waals surface area (Å²) in [5.41, 5.74) is 1.02. The van der Waals surface area contributed by atoms with Gasteiger partial charge in [-0.1, -0.05) is 32.9 Å². The average molecular weight is 487 g/mol. The van der Waals surface area contributed by atoms with Crippen LogP contribution in [0.4, 0.5) is 0 Å². The van der Waals surface area contributed by atoms with E-state index in [1.54, 1.807) is 0 Å². The van der Waals surface area contributed by atoms with Crippen molar-refractivity contribution < 1.29 is 19.7 Å². The maximum atomic E-state index is 13.1. The Morgan fingerprint density at radius 3 is 2.26 bits per heavy atom. The van der Waals surface area contributed by atoms with Crippen LogP contribution >= 0.6 is 0 Å². The number of esters is 1. The van der Waals surface area contributed by atoms with Crippen molar-refractivity contribution in [2.24, 2.45) is 56.7 Å². The summed E-state index contributed by atoms with van der Waals surface area (Å²) in [6, 6.07) is 0. The van der Waals surface area contributed by atoms with Gasteiger partial charge < -0.3 is 14.9 Å². The van der Waals surface area contributed by atoms with Crippen LogP contribution in [0, 0.1) is 56.7 Å². The zero-order chi connectivity index (χ0) is 25.6. The first-order valence-corrected chi connectivity index (χ1v) is 14.4. The van der Waals surface area contributed by atoms with Gasteiger partial charge in [0, 0.05) is 6.61 Å². The van der Waals surface area contributed by atoms with Gasteiger partial charge in [0.2, 0.25) is 0 Å². The van der Waals surface area contributed by atoms with Gasteiger partial charge in [0.25, 0.3) is 0 Å². The van der Waals surface area contributed by atoms with Crippen LogP contribution in [0.15, 0.2) is 12.2 Å². The fourth-order valence-corrected chi connectivity index (χ4v) is 11.7. The van der Waals surface area contributed by atoms with Crippen molar-refractivity contribution in [1.82, 2.24) is 0 Å². The molecule has 5 saturated carbocycles. The number of hydrogen-bond acceptors (Lipinski definition) is 4. The van der Waals surface area contributed by atoms with Crippen LogP contribution in [-0.2, 0) is 9.53 Å². The highest BCUT2D eigenvalue weighted by Crippen LogP contribution is 2.77. The van der Waals surface area contributed by atoms with Crippen LogP contribution in [0.25, 0.3) is 0 Å². The number of aliphatic hydroxyl groups excluding tert-OH is 2. The molecule has 5 rings (SSSR count). The van der Waals surface area contributed by atoms with E-state index in [-0.39, 0.29) is 33.5 Å². The van der Waals surface area contributed by atoms with Crippen molar-refractivity contribution in [3.8, 4) is 0 Å². The molecule has 0 bridgehead atoms. The quantitative estimate of drug-likeness (QED) is 0.371. The Morgan fingerprint density at radius 1 is 0.914 bits per heavy atom. The molecule has 4 nitrogen and oxygen atoms in total. The van der Waals surface area contributed by atoms with E-state index in [4.69, 9.17) is 4.74 Å². The van der Waals surface area contributed by atoms with Gasteiger partial charge in [0.05, 0.1) is 18.6 Å². The zero-order valence-electron chi connectivity index (χ0n) is 23.2. The Morgan fingerprint density at radius 2 is 1.63 bits per heavy atom. The molecule has 0 heterocycles. The number of hydrogen-bond donors (Lipinski definition) is 2. The Hall–Kier alpha value is -0.870. The molecule has 11 atom stereocenters. The van der Waals surface area contributed by atoms with E-state index in [0.717, 1.165) is 32.1 Å². The van der Waals surface area contributed by atoms with Crippen molar-refractivity contribution in [1.29, 1.82) is 0 Å². The van der Waals surface area contributed by atoms with Gasteiger partial charge in [-0.3, -0.25) is 4.79 Å². The van der Waals surface area contributed by atoms with Crippen molar-refractivity contribution in [3.63, 3.8) is 0 Å². The van der Waals surface area contributed by atoms with Crippen molar-refractivity contribution in [3.05, 3.63) is 12.2 Å². The topological polar surface area (TPSA) is 66.8 Å². The van der Waals surface area contributed by atoms with Crippen LogP contribution in [0.5, 0.6) is 0 Å². The Kier molecular flexibility index (Phi) is 5.94. The molecule has 198 valence electrons. The minimum absolute atomic E-state index is 0.0259. The van der Waals surface area contributed by atoms with Crippen LogP contribution in [0.2, 0.25) is 0 Å². The van der Waals surface area contributed by atoms with Crippen LogP contribution in [0.1, 0.15) is 98.8 Å². The summed E-state index contributed by atoms with van der Waals surface area (Å²) in [7, 11) is 1.47. The maximum absolute atomic E-state index is 13.1. The van der Waals surface area contributed by atoms with Crippen LogP contribution in [0.3, 0.4) is 0 Å². The molecule has 5 fully saturated rings. The van der Waals surface area contributed by atoms with E-state index in [9.17, 15) is 15.0 Å². The molecule has 0 amide bonds. The lowest BCUT2D eigenvalue weighted by Gasteiger charge is -2.72. The van der Waals surface area contributed by atoms with Crippen LogP contribution < -0.4 is 0 Å². The molecule has 2 N–H and O–H groups in total. The molecule has 5 aliphatic rings. The molecule has 0 radical (unpaired) electrons. The Bertz CT molecular complexity index is 898. The SMILES string of the molecule is C=C(C)[C@@H]1CC[C@]2(CO)CC[C@]3(C)[C@H](CC[C@@H]4[C@@]5(C)CC[C@H](O)[C@](C)(C(=O)OC)[C@@H]5CC[C@]43C)[C@@H]12. The summed E-state index contributed by atoms with van der Waals surface area (Å²) in [5, 5.41) is 21.8. The molecule has 0 saturated heterocycles. The minimum Gasteiger partial charge on any atom is -0.469 e. The summed E-state index contributed by atoms with van der Waals surface area (Å²) in [6.07, 6.45) is 10.2. The molecule has 0 spiro atoms. The van der Waals surface area contributed by atoms with Gasteiger partial charge in [-0.25, -0.2) is 0 Å². The highest BCUT2D eigenvalue weighted by molar-refractivity contribution is 5.78. The normalized spacial score (nSPS) is 55.2. The second-order valence-corrected chi connectivity index (χ2v) is 14.5. The molecular weight excluding hydrogens is 436 g/mol. The van der Waals surface area contributed by atoms with Gasteiger partial charge in [-0.15, -0.1) is 0 Å². The fraction of sp³-hybridized carbons (Fsp3) is 0.903. The number of methoxy groups -OCH3 is 1. The number of ether oxygens (including phenoxy) is 1. The molecular formula is C31H50O4. The van der Waals surface area contributed by atoms with E-state index < -0.39 is 11.5 Å². The Labute approximate surface area is 213 Å². The molecule has 5 aliphatic carbocycles. The number of aliphatic hydroxyl groups is 2. The van der Waals surface area contributed by atoms with E-state index in [0.29, 0.717) is 36.7 Å². The number of allylic oxidation sites excluding steroid dienone is 1. The van der Waals surface area contributed by atoms with E-state index in [1.807, 2.05) is 6.92 Å². The van der Waals surface area contributed by atoms with E-state index in [1.165, 1.54) is 38.4 Å². The minimum atomic E-state index is -0.823. The third-order valence-corrected chi connectivity index (χ3v) is 13.8. The van der Waals surface area contributed by atoms with Gasteiger partial charge in [0.15, 0.2) is 0 Å². The summed E-state index contributed by atoms with van der Waals surface area (Å²) in [5.74, 6) is 2.16. The monoisotopic (exact) mass is 486 g/mol. The Balaban J connectivity index is 1.55. The first-order chi connectivity index (χ1) is 16.4. The van der Waals surface area contributed by atoms with Gasteiger partial charge in [-0.2, -0.15) is 0 Å². The lowest BCUT2D eigenvalue weighted by Crippen LogP contribution is -2.68. The van der Waals surface area contributed by atoms with Gasteiger partial charge >= 0.3 is 5.97 Å². The highest BCUT2D eigenvalue weighted by atomic mass is 16.5. The average Bonchev–Trinajstić information content (AvgIpc) is 3.22. The van der Waals surface area contributed by atoms with E-state index >= 15 is 0 Å². The third kappa shape index (κ3) is 3.02. The molecule has 0 aromatic rings. The van der Waals surface area contributed by atoms with Gasteiger partial charge in [-0.05, 0) is 129 Å². The number of carbonyl (C=O) groups is 1. The molecule has 0 aromatic heterocycles. The first-order valence-electron chi connectivity index (χ1n) is 14.4. The number of rotatable bonds is 3. The molecule has 0 aromatic carbocycles. The van der Waals surface area contributed by atoms with Gasteiger partial charge in [0.1, 0.15) is 0 Å². The summed E-state index contributed by atoms with van der Waals surface area (Å²) in [4.78, 5) is 13.1. The highest BCUT2D eigenvalue weighted by Gasteiger charge is 2.72. The summed E-state index contributed by atoms with van der Waals surface area (Å²) >= 11 is 0. The predicted molar refractivity (Wildman–Crippen MR) is 138 cm³/mol. The van der Waals surface area contributed by atoms with Crippen LogP contribution in [-0.4, -0.2) is 36.0 Å². The fourth-order valence-electron chi connectivity index (χ4n) is 11.7. The molecule has 0 unspecified atom stereocenters. The second kappa shape index (κ2) is 8.06. The predicted octanol–water partition coefficient (Wildman–Crippen LogP) is 6.15. The second-order valence-electron chi connectivity index (χ2n) is 14.5. The molecule has 0 aliphatic heterocycles. The smallest absolute Gasteiger partial charge is 0.314 e. The summed E-state index contributed by atoms with van der Waals surface area (Å²) in [6.45, 7) is 16.6. The van der Waals surface area contributed by atoms with Crippen molar-refractivity contribution in [2.45, 2.75) is 105 Å². The largest absolute Gasteiger partial charge is 0.469 e. The molecule has 4 heteroatoms. The lowest BCUT2D eigenvalue weighted by molar-refractivity contribution is -0.253. The maximum Gasteiger partial charge on any atom is 0.314 e. The summed E-state index contributed by atoms with van der Waals surface area (Å²) < 4.78 is 5.30. The van der Waals surface area contributed by atoms with Crippen molar-refractivity contribution >= 4 is 5.97 Å². The standard InChI is InChI=1S/C31H50O4/c1-19(2)20-10-15-31(18-32)17-16-28(4)21(25(20)31)8-9-22-27(3)13-12-24(33)30(6,26(34)35-7)23(27)11-14-29(22,28)5/h20-25,32-33H,1,8-18H2,2-7H3/t20-,21+,22+,23+,24-,25+,27+,28+,29+,30+,31+/m0/s1. The number of fused-ring (bicyclic) bond motifs is 7. The first kappa shape index (κ1) is 25.8. The molecule has 35 heavy (non-hydrogen) atoms. The van der Waals surface area contributed by atoms with Crippen molar-refractivity contribution in [2.75, 3.05) is 13.7 Å². The third-order valence-electron chi connectivity index (χ3n) is 13.8.